The number of methoxy groups -OCH3 is 1. The Bertz CT molecular complexity index is 145. The van der Waals surface area contributed by atoms with Crippen LogP contribution in [0.3, 0.4) is 0 Å². The van der Waals surface area contributed by atoms with E-state index in [-0.39, 0.29) is 25.4 Å². The molecule has 0 aliphatic heterocycles. The lowest BCUT2D eigenvalue weighted by molar-refractivity contribution is -0.0317. The van der Waals surface area contributed by atoms with Crippen LogP contribution in [0.15, 0.2) is 0 Å². The number of nitrogens with one attached hydrogen (secondary N) is 1. The van der Waals surface area contributed by atoms with Gasteiger partial charge in [0, 0.05) is 19.7 Å². The molecule has 0 heterocycles. The summed E-state index contributed by atoms with van der Waals surface area (Å²) in [5, 5.41) is 21.2. The standard InChI is InChI=1S/C10H23NO4/c1-8(5-12)11-4-10(13)7-15-9(2)6-14-3/h8-13H,4-7H2,1-3H3. The summed E-state index contributed by atoms with van der Waals surface area (Å²) in [6.45, 7) is 5.01. The molecule has 0 saturated carbocycles. The molecule has 5 nitrogen and oxygen atoms in total. The van der Waals surface area contributed by atoms with Crippen LogP contribution in [0.4, 0.5) is 0 Å². The van der Waals surface area contributed by atoms with Gasteiger partial charge in [0.15, 0.2) is 0 Å². The maximum absolute atomic E-state index is 9.50. The first kappa shape index (κ1) is 14.8. The van der Waals surface area contributed by atoms with Crippen molar-refractivity contribution in [1.29, 1.82) is 0 Å². The molecule has 0 bridgehead atoms. The molecule has 92 valence electrons. The molecule has 3 N–H and O–H groups in total. The highest BCUT2D eigenvalue weighted by Gasteiger charge is 2.09. The van der Waals surface area contributed by atoms with Crippen LogP contribution >= 0.6 is 0 Å². The number of ether oxygens (including phenoxy) is 2. The summed E-state index contributed by atoms with van der Waals surface area (Å²) in [6, 6.07) is -0.00366. The number of rotatable bonds is 9. The van der Waals surface area contributed by atoms with E-state index < -0.39 is 6.10 Å². The molecule has 0 fully saturated rings. The van der Waals surface area contributed by atoms with Crippen molar-refractivity contribution < 1.29 is 19.7 Å². The smallest absolute Gasteiger partial charge is 0.0897 e. The molecule has 0 aromatic rings. The van der Waals surface area contributed by atoms with Crippen molar-refractivity contribution in [1.82, 2.24) is 5.32 Å². The minimum Gasteiger partial charge on any atom is -0.395 e. The van der Waals surface area contributed by atoms with Gasteiger partial charge in [-0.2, -0.15) is 0 Å². The molecule has 3 atom stereocenters. The van der Waals surface area contributed by atoms with E-state index in [0.29, 0.717) is 13.2 Å². The highest BCUT2D eigenvalue weighted by molar-refractivity contribution is 4.64. The van der Waals surface area contributed by atoms with Crippen molar-refractivity contribution in [3.63, 3.8) is 0 Å². The van der Waals surface area contributed by atoms with E-state index in [9.17, 15) is 5.11 Å². The molecule has 0 spiro atoms. The van der Waals surface area contributed by atoms with Crippen molar-refractivity contribution in [3.8, 4) is 0 Å². The fourth-order valence-corrected chi connectivity index (χ4v) is 1.02. The zero-order chi connectivity index (χ0) is 11.7. The topological polar surface area (TPSA) is 71.0 Å². The normalized spacial score (nSPS) is 17.4. The van der Waals surface area contributed by atoms with Crippen molar-refractivity contribution in [3.05, 3.63) is 0 Å². The second kappa shape index (κ2) is 9.06. The Morgan fingerprint density at radius 1 is 1.27 bits per heavy atom. The van der Waals surface area contributed by atoms with Crippen LogP contribution in [0, 0.1) is 0 Å². The van der Waals surface area contributed by atoms with E-state index in [0.717, 1.165) is 0 Å². The monoisotopic (exact) mass is 221 g/mol. The second-order valence-corrected chi connectivity index (χ2v) is 3.74. The van der Waals surface area contributed by atoms with Gasteiger partial charge in [-0.1, -0.05) is 0 Å². The van der Waals surface area contributed by atoms with Gasteiger partial charge in [-0.25, -0.2) is 0 Å². The van der Waals surface area contributed by atoms with Gasteiger partial charge in [0.25, 0.3) is 0 Å². The van der Waals surface area contributed by atoms with Crippen molar-refractivity contribution in [2.24, 2.45) is 0 Å². The molecule has 0 aromatic heterocycles. The second-order valence-electron chi connectivity index (χ2n) is 3.74. The molecule has 15 heavy (non-hydrogen) atoms. The molecule has 0 aliphatic carbocycles. The van der Waals surface area contributed by atoms with Crippen molar-refractivity contribution in [2.45, 2.75) is 32.1 Å². The van der Waals surface area contributed by atoms with E-state index in [1.54, 1.807) is 7.11 Å². The molecule has 5 heteroatoms. The molecular formula is C10H23NO4. The molecular weight excluding hydrogens is 198 g/mol. The van der Waals surface area contributed by atoms with E-state index in [4.69, 9.17) is 14.6 Å². The van der Waals surface area contributed by atoms with Crippen molar-refractivity contribution in [2.75, 3.05) is 33.5 Å². The quantitative estimate of drug-likeness (QED) is 0.483. The molecule has 0 radical (unpaired) electrons. The summed E-state index contributed by atoms with van der Waals surface area (Å²) in [4.78, 5) is 0. The summed E-state index contributed by atoms with van der Waals surface area (Å²) in [5.74, 6) is 0. The van der Waals surface area contributed by atoms with Gasteiger partial charge >= 0.3 is 0 Å². The number of aliphatic hydroxyl groups is 2. The molecule has 0 amide bonds. The summed E-state index contributed by atoms with van der Waals surface area (Å²) < 4.78 is 10.2. The average Bonchev–Trinajstić information content (AvgIpc) is 2.23. The lowest BCUT2D eigenvalue weighted by Gasteiger charge is -2.18. The maximum Gasteiger partial charge on any atom is 0.0897 e. The minimum atomic E-state index is -0.557. The first-order chi connectivity index (χ1) is 7.10. The zero-order valence-electron chi connectivity index (χ0n) is 9.77. The molecule has 0 rings (SSSR count). The Balaban J connectivity index is 3.44. The van der Waals surface area contributed by atoms with Gasteiger partial charge in [-0.3, -0.25) is 0 Å². The van der Waals surface area contributed by atoms with Gasteiger partial charge in [0.1, 0.15) is 0 Å². The van der Waals surface area contributed by atoms with E-state index >= 15 is 0 Å². The number of hydrogen-bond donors (Lipinski definition) is 3. The van der Waals surface area contributed by atoms with Gasteiger partial charge in [0.05, 0.1) is 32.0 Å². The van der Waals surface area contributed by atoms with Crippen LogP contribution in [-0.4, -0.2) is 61.9 Å². The third kappa shape index (κ3) is 8.77. The first-order valence-electron chi connectivity index (χ1n) is 5.23. The predicted molar refractivity (Wildman–Crippen MR) is 57.8 cm³/mol. The lowest BCUT2D eigenvalue weighted by atomic mass is 10.3. The first-order valence-corrected chi connectivity index (χ1v) is 5.23. The van der Waals surface area contributed by atoms with Gasteiger partial charge in [0.2, 0.25) is 0 Å². The molecule has 0 aliphatic rings. The van der Waals surface area contributed by atoms with Crippen LogP contribution in [0.1, 0.15) is 13.8 Å². The fourth-order valence-electron chi connectivity index (χ4n) is 1.02. The van der Waals surface area contributed by atoms with Gasteiger partial charge < -0.3 is 25.0 Å². The fraction of sp³-hybridized carbons (Fsp3) is 1.00. The molecule has 3 unspecified atom stereocenters. The Kier molecular flexibility index (Phi) is 8.94. The number of aliphatic hydroxyl groups excluding tert-OH is 2. The van der Waals surface area contributed by atoms with E-state index in [1.165, 1.54) is 0 Å². The third-order valence-corrected chi connectivity index (χ3v) is 1.95. The third-order valence-electron chi connectivity index (χ3n) is 1.95. The zero-order valence-corrected chi connectivity index (χ0v) is 9.77. The summed E-state index contributed by atoms with van der Waals surface area (Å²) >= 11 is 0. The summed E-state index contributed by atoms with van der Waals surface area (Å²) in [5.41, 5.74) is 0. The minimum absolute atomic E-state index is 0.00366. The van der Waals surface area contributed by atoms with Crippen molar-refractivity contribution >= 4 is 0 Å². The number of hydrogen-bond acceptors (Lipinski definition) is 5. The SMILES string of the molecule is COCC(C)OCC(O)CNC(C)CO. The predicted octanol–water partition coefficient (Wildman–Crippen LogP) is -0.631. The maximum atomic E-state index is 9.50. The summed E-state index contributed by atoms with van der Waals surface area (Å²) in [7, 11) is 1.61. The van der Waals surface area contributed by atoms with Gasteiger partial charge in [-0.05, 0) is 13.8 Å². The average molecular weight is 221 g/mol. The molecule has 0 saturated heterocycles. The molecule has 0 aromatic carbocycles. The highest BCUT2D eigenvalue weighted by Crippen LogP contribution is 1.93. The largest absolute Gasteiger partial charge is 0.395 e. The Labute approximate surface area is 91.4 Å². The lowest BCUT2D eigenvalue weighted by Crippen LogP contribution is -2.38. The van der Waals surface area contributed by atoms with Gasteiger partial charge in [-0.15, -0.1) is 0 Å². The Morgan fingerprint density at radius 3 is 2.47 bits per heavy atom. The van der Waals surface area contributed by atoms with Crippen LogP contribution in [-0.2, 0) is 9.47 Å². The van der Waals surface area contributed by atoms with E-state index in [1.807, 2.05) is 13.8 Å². The van der Waals surface area contributed by atoms with Crippen LogP contribution < -0.4 is 5.32 Å². The van der Waals surface area contributed by atoms with Crippen LogP contribution in [0.5, 0.6) is 0 Å². The summed E-state index contributed by atoms with van der Waals surface area (Å²) in [6.07, 6.45) is -0.571. The van der Waals surface area contributed by atoms with E-state index in [2.05, 4.69) is 5.32 Å². The highest BCUT2D eigenvalue weighted by atomic mass is 16.5. The van der Waals surface area contributed by atoms with Crippen LogP contribution in [0.25, 0.3) is 0 Å². The Hall–Kier alpha value is -0.200. The Morgan fingerprint density at radius 2 is 1.93 bits per heavy atom. The van der Waals surface area contributed by atoms with Crippen LogP contribution in [0.2, 0.25) is 0 Å².